The van der Waals surface area contributed by atoms with Gasteiger partial charge in [0.1, 0.15) is 12.3 Å². The molecule has 0 radical (unpaired) electrons. The average Bonchev–Trinajstić information content (AvgIpc) is 2.80. The molecular formula is C24H24ClN3O4S. The van der Waals surface area contributed by atoms with E-state index in [1.54, 1.807) is 60.7 Å². The molecule has 1 amide bonds. The van der Waals surface area contributed by atoms with E-state index in [1.807, 2.05) is 13.8 Å². The van der Waals surface area contributed by atoms with Gasteiger partial charge in [0.2, 0.25) is 0 Å². The van der Waals surface area contributed by atoms with E-state index < -0.39 is 22.5 Å². The predicted molar refractivity (Wildman–Crippen MR) is 131 cm³/mol. The summed E-state index contributed by atoms with van der Waals surface area (Å²) in [5.41, 5.74) is 4.23. The molecule has 0 atom stereocenters. The summed E-state index contributed by atoms with van der Waals surface area (Å²) in [6.45, 7) is 3.82. The Morgan fingerprint density at radius 1 is 1.06 bits per heavy atom. The van der Waals surface area contributed by atoms with E-state index in [0.29, 0.717) is 6.61 Å². The molecular weight excluding hydrogens is 462 g/mol. The van der Waals surface area contributed by atoms with Gasteiger partial charge in [-0.25, -0.2) is 13.8 Å². The summed E-state index contributed by atoms with van der Waals surface area (Å²) in [6, 6.07) is 20.0. The number of anilines is 1. The zero-order chi connectivity index (χ0) is 23.8. The topological polar surface area (TPSA) is 88.1 Å². The molecule has 0 unspecified atom stereocenters. The van der Waals surface area contributed by atoms with Crippen LogP contribution in [0.5, 0.6) is 5.75 Å². The number of hydrogen-bond donors (Lipinski definition) is 1. The smallest absolute Gasteiger partial charge is 0.264 e. The van der Waals surface area contributed by atoms with Crippen LogP contribution in [-0.4, -0.2) is 33.7 Å². The lowest BCUT2D eigenvalue weighted by atomic mass is 10.2. The number of carbonyl (C=O) groups is 1. The van der Waals surface area contributed by atoms with E-state index in [4.69, 9.17) is 16.3 Å². The van der Waals surface area contributed by atoms with Crippen molar-refractivity contribution >= 4 is 39.4 Å². The SMILES string of the molecule is CCOc1ccc(/C=N\NC(=O)CN(c2ccccc2Cl)S(=O)(=O)c2ccc(C)cc2)cc1. The standard InChI is InChI=1S/C24H24ClN3O4S/c1-3-32-20-12-10-19(11-13-20)16-26-27-24(29)17-28(23-7-5-4-6-22(23)25)33(30,31)21-14-8-18(2)9-15-21/h4-16H,3,17H2,1-2H3,(H,27,29)/b26-16-. The lowest BCUT2D eigenvalue weighted by Gasteiger charge is -2.24. The fraction of sp³-hybridized carbons (Fsp3) is 0.167. The normalized spacial score (nSPS) is 11.4. The Kier molecular flexibility index (Phi) is 8.08. The number of nitrogens with one attached hydrogen (secondary N) is 1. The molecule has 3 rings (SSSR count). The summed E-state index contributed by atoms with van der Waals surface area (Å²) < 4.78 is 33.1. The van der Waals surface area contributed by atoms with Crippen molar-refractivity contribution in [2.75, 3.05) is 17.5 Å². The minimum Gasteiger partial charge on any atom is -0.494 e. The van der Waals surface area contributed by atoms with Gasteiger partial charge in [-0.15, -0.1) is 0 Å². The number of rotatable bonds is 9. The third kappa shape index (κ3) is 6.34. The lowest BCUT2D eigenvalue weighted by Crippen LogP contribution is -2.39. The molecule has 172 valence electrons. The number of hydrazone groups is 1. The van der Waals surface area contributed by atoms with Crippen LogP contribution in [0.4, 0.5) is 5.69 Å². The highest BCUT2D eigenvalue weighted by atomic mass is 35.5. The van der Waals surface area contributed by atoms with E-state index in [0.717, 1.165) is 21.2 Å². The van der Waals surface area contributed by atoms with Gasteiger partial charge < -0.3 is 4.74 Å². The van der Waals surface area contributed by atoms with E-state index in [1.165, 1.54) is 18.3 Å². The Morgan fingerprint density at radius 2 is 1.73 bits per heavy atom. The van der Waals surface area contributed by atoms with Crippen LogP contribution in [0.2, 0.25) is 5.02 Å². The molecule has 1 N–H and O–H groups in total. The Morgan fingerprint density at radius 3 is 2.36 bits per heavy atom. The second kappa shape index (κ2) is 11.0. The van der Waals surface area contributed by atoms with E-state index in [9.17, 15) is 13.2 Å². The van der Waals surface area contributed by atoms with Gasteiger partial charge >= 0.3 is 0 Å². The van der Waals surface area contributed by atoms with Gasteiger partial charge in [0, 0.05) is 0 Å². The number of amides is 1. The summed E-state index contributed by atoms with van der Waals surface area (Å²) in [4.78, 5) is 12.7. The lowest BCUT2D eigenvalue weighted by molar-refractivity contribution is -0.119. The highest BCUT2D eigenvalue weighted by Gasteiger charge is 2.28. The Hall–Kier alpha value is -3.36. The van der Waals surface area contributed by atoms with Gasteiger partial charge in [-0.2, -0.15) is 5.10 Å². The molecule has 0 bridgehead atoms. The number of hydrogen-bond acceptors (Lipinski definition) is 5. The molecule has 0 saturated carbocycles. The van der Waals surface area contributed by atoms with Gasteiger partial charge in [-0.1, -0.05) is 41.4 Å². The summed E-state index contributed by atoms with van der Waals surface area (Å²) in [5.74, 6) is 0.114. The van der Waals surface area contributed by atoms with Gasteiger partial charge in [0.25, 0.3) is 15.9 Å². The van der Waals surface area contributed by atoms with Crippen LogP contribution >= 0.6 is 11.6 Å². The van der Waals surface area contributed by atoms with Crippen molar-refractivity contribution in [3.05, 3.63) is 88.9 Å². The second-order valence-corrected chi connectivity index (χ2v) is 9.34. The maximum Gasteiger partial charge on any atom is 0.264 e. The number of ether oxygens (including phenoxy) is 1. The largest absolute Gasteiger partial charge is 0.494 e. The highest BCUT2D eigenvalue weighted by molar-refractivity contribution is 7.92. The molecule has 0 saturated heterocycles. The third-order valence-corrected chi connectivity index (χ3v) is 6.70. The van der Waals surface area contributed by atoms with Gasteiger partial charge in [0.05, 0.1) is 28.4 Å². The molecule has 9 heteroatoms. The van der Waals surface area contributed by atoms with Crippen molar-refractivity contribution in [2.45, 2.75) is 18.7 Å². The van der Waals surface area contributed by atoms with Crippen molar-refractivity contribution in [3.8, 4) is 5.75 Å². The summed E-state index contributed by atoms with van der Waals surface area (Å²) >= 11 is 6.26. The van der Waals surface area contributed by atoms with Crippen LogP contribution in [0, 0.1) is 6.92 Å². The predicted octanol–water partition coefficient (Wildman–Crippen LogP) is 4.39. The molecule has 3 aromatic rings. The maximum absolute atomic E-state index is 13.3. The average molecular weight is 486 g/mol. The molecule has 7 nitrogen and oxygen atoms in total. The molecule has 0 aromatic heterocycles. The van der Waals surface area contributed by atoms with Crippen LogP contribution in [0.15, 0.2) is 82.8 Å². The number of aryl methyl sites for hydroxylation is 1. The molecule has 0 aliphatic carbocycles. The first-order chi connectivity index (χ1) is 15.8. The zero-order valence-electron chi connectivity index (χ0n) is 18.2. The quantitative estimate of drug-likeness (QED) is 0.359. The first-order valence-corrected chi connectivity index (χ1v) is 12.0. The Balaban J connectivity index is 1.79. The minimum absolute atomic E-state index is 0.0544. The van der Waals surface area contributed by atoms with E-state index >= 15 is 0 Å². The van der Waals surface area contributed by atoms with E-state index in [2.05, 4.69) is 10.5 Å². The van der Waals surface area contributed by atoms with Crippen molar-refractivity contribution in [1.29, 1.82) is 0 Å². The Bertz CT molecular complexity index is 1230. The molecule has 0 aliphatic heterocycles. The number of benzene rings is 3. The number of sulfonamides is 1. The van der Waals surface area contributed by atoms with Crippen molar-refractivity contribution in [3.63, 3.8) is 0 Å². The summed E-state index contributed by atoms with van der Waals surface area (Å²) in [6.07, 6.45) is 1.46. The first kappa shape index (κ1) is 24.3. The maximum atomic E-state index is 13.3. The monoisotopic (exact) mass is 485 g/mol. The van der Waals surface area contributed by atoms with Crippen LogP contribution in [0.3, 0.4) is 0 Å². The highest BCUT2D eigenvalue weighted by Crippen LogP contribution is 2.30. The zero-order valence-corrected chi connectivity index (χ0v) is 19.8. The molecule has 3 aromatic carbocycles. The third-order valence-electron chi connectivity index (χ3n) is 4.61. The number of para-hydroxylation sites is 1. The van der Waals surface area contributed by atoms with Crippen molar-refractivity contribution in [1.82, 2.24) is 5.43 Å². The molecule has 33 heavy (non-hydrogen) atoms. The van der Waals surface area contributed by atoms with Gasteiger partial charge in [-0.05, 0) is 67.9 Å². The number of nitrogens with zero attached hydrogens (tertiary/aromatic N) is 2. The second-order valence-electron chi connectivity index (χ2n) is 7.07. The summed E-state index contributed by atoms with van der Waals surface area (Å²) in [7, 11) is -4.05. The van der Waals surface area contributed by atoms with Crippen molar-refractivity contribution in [2.24, 2.45) is 5.10 Å². The molecule has 0 aliphatic rings. The number of halogens is 1. The summed E-state index contributed by atoms with van der Waals surface area (Å²) in [5, 5.41) is 4.14. The van der Waals surface area contributed by atoms with Crippen LogP contribution in [0.25, 0.3) is 0 Å². The van der Waals surface area contributed by atoms with E-state index in [-0.39, 0.29) is 15.6 Å². The molecule has 0 spiro atoms. The fourth-order valence-electron chi connectivity index (χ4n) is 2.95. The number of carbonyl (C=O) groups excluding carboxylic acids is 1. The molecule has 0 fully saturated rings. The first-order valence-electron chi connectivity index (χ1n) is 10.2. The van der Waals surface area contributed by atoms with Crippen LogP contribution < -0.4 is 14.5 Å². The van der Waals surface area contributed by atoms with Gasteiger partial charge in [0.15, 0.2) is 0 Å². The van der Waals surface area contributed by atoms with Gasteiger partial charge in [-0.3, -0.25) is 9.10 Å². The Labute approximate surface area is 198 Å². The van der Waals surface area contributed by atoms with Crippen molar-refractivity contribution < 1.29 is 17.9 Å². The minimum atomic E-state index is -4.05. The van der Waals surface area contributed by atoms with Crippen LogP contribution in [0.1, 0.15) is 18.1 Å². The van der Waals surface area contributed by atoms with Crippen LogP contribution in [-0.2, 0) is 14.8 Å². The molecule has 0 heterocycles. The fourth-order valence-corrected chi connectivity index (χ4v) is 4.68.